The van der Waals surface area contributed by atoms with Gasteiger partial charge in [-0.2, -0.15) is 13.2 Å². The number of nitrogens with zero attached hydrogens (tertiary/aromatic N) is 5. The van der Waals surface area contributed by atoms with Crippen molar-refractivity contribution in [2.75, 3.05) is 10.6 Å². The number of aromatic nitrogens is 5. The van der Waals surface area contributed by atoms with E-state index in [0.29, 0.717) is 23.3 Å². The van der Waals surface area contributed by atoms with Gasteiger partial charge in [-0.1, -0.05) is 12.1 Å². The fourth-order valence-corrected chi connectivity index (χ4v) is 3.85. The maximum Gasteiger partial charge on any atom is 0.419 e. The quantitative estimate of drug-likeness (QED) is 0.358. The average molecular weight is 502 g/mol. The minimum atomic E-state index is -4.77. The fourth-order valence-electron chi connectivity index (χ4n) is 3.16. The molecule has 0 amide bonds. The third-order valence-corrected chi connectivity index (χ3v) is 5.59. The summed E-state index contributed by atoms with van der Waals surface area (Å²) in [5.41, 5.74) is -0.556. The summed E-state index contributed by atoms with van der Waals surface area (Å²) in [4.78, 5) is 19.9. The third-order valence-electron chi connectivity index (χ3n) is 4.62. The van der Waals surface area contributed by atoms with Crippen LogP contribution in [0.1, 0.15) is 11.4 Å². The van der Waals surface area contributed by atoms with E-state index in [9.17, 15) is 21.6 Å². The van der Waals surface area contributed by atoms with Crippen LogP contribution in [-0.4, -0.2) is 33.3 Å². The van der Waals surface area contributed by atoms with Crippen LogP contribution in [0, 0.1) is 6.92 Å². The topological polar surface area (TPSA) is 149 Å². The first-order chi connectivity index (χ1) is 16.5. The van der Waals surface area contributed by atoms with Crippen molar-refractivity contribution in [2.45, 2.75) is 18.0 Å². The Balaban J connectivity index is 1.73. The van der Waals surface area contributed by atoms with Crippen LogP contribution in [0.4, 0.5) is 36.2 Å². The second-order valence-corrected chi connectivity index (χ2v) is 8.75. The Morgan fingerprint density at radius 1 is 0.914 bits per heavy atom. The number of alkyl halides is 3. The van der Waals surface area contributed by atoms with E-state index in [0.717, 1.165) is 6.07 Å². The molecule has 0 saturated heterocycles. The number of pyridine rings is 1. The van der Waals surface area contributed by atoms with Gasteiger partial charge in [-0.05, 0) is 19.1 Å². The van der Waals surface area contributed by atoms with Gasteiger partial charge < -0.3 is 10.6 Å². The maximum absolute atomic E-state index is 13.7. The molecule has 180 valence electrons. The lowest BCUT2D eigenvalue weighted by Crippen LogP contribution is -2.15. The summed E-state index contributed by atoms with van der Waals surface area (Å²) >= 11 is 0. The second kappa shape index (κ2) is 9.23. The lowest BCUT2D eigenvalue weighted by atomic mass is 10.2. The lowest BCUT2D eigenvalue weighted by molar-refractivity contribution is -0.137. The Hall–Kier alpha value is -4.17. The van der Waals surface area contributed by atoms with Gasteiger partial charge in [-0.3, -0.25) is 0 Å². The molecule has 0 radical (unpaired) electrons. The van der Waals surface area contributed by atoms with Gasteiger partial charge in [-0.15, -0.1) is 0 Å². The molecule has 35 heavy (non-hydrogen) atoms. The monoisotopic (exact) mass is 502 g/mol. The number of hydrogen-bond donors (Lipinski definition) is 3. The van der Waals surface area contributed by atoms with Crippen LogP contribution in [0.2, 0.25) is 0 Å². The Bertz CT molecular complexity index is 1480. The van der Waals surface area contributed by atoms with Crippen LogP contribution in [0.25, 0.3) is 11.3 Å². The number of hydrogen-bond acceptors (Lipinski definition) is 9. The Morgan fingerprint density at radius 2 is 1.63 bits per heavy atom. The fraction of sp³-hybridized carbons (Fsp3) is 0.0952. The number of para-hydroxylation sites is 1. The van der Waals surface area contributed by atoms with Crippen LogP contribution >= 0.6 is 0 Å². The van der Waals surface area contributed by atoms with Crippen LogP contribution in [0.5, 0.6) is 0 Å². The van der Waals surface area contributed by atoms with E-state index in [1.165, 1.54) is 30.6 Å². The number of sulfonamides is 1. The summed E-state index contributed by atoms with van der Waals surface area (Å²) in [5.74, 6) is 0.669. The van der Waals surface area contributed by atoms with E-state index in [-0.39, 0.29) is 22.2 Å². The third kappa shape index (κ3) is 5.67. The molecule has 0 spiro atoms. The molecule has 10 nitrogen and oxygen atoms in total. The zero-order valence-electron chi connectivity index (χ0n) is 17.9. The Kier molecular flexibility index (Phi) is 6.32. The van der Waals surface area contributed by atoms with Crippen LogP contribution in [-0.2, 0) is 16.2 Å². The van der Waals surface area contributed by atoms with E-state index in [1.54, 1.807) is 25.4 Å². The minimum Gasteiger partial charge on any atom is -0.354 e. The average Bonchev–Trinajstić information content (AvgIpc) is 2.78. The zero-order valence-corrected chi connectivity index (χ0v) is 18.8. The number of halogens is 3. The minimum absolute atomic E-state index is 0.0157. The number of nitrogens with two attached hydrogens (primary N) is 1. The number of benzene rings is 1. The smallest absolute Gasteiger partial charge is 0.354 e. The highest BCUT2D eigenvalue weighted by atomic mass is 32.2. The molecule has 0 fully saturated rings. The largest absolute Gasteiger partial charge is 0.419 e. The van der Waals surface area contributed by atoms with Gasteiger partial charge in [0.25, 0.3) is 0 Å². The number of primary sulfonamides is 1. The van der Waals surface area contributed by atoms with E-state index < -0.39 is 27.5 Å². The lowest BCUT2D eigenvalue weighted by Gasteiger charge is -2.17. The normalized spacial score (nSPS) is 11.8. The number of rotatable bonds is 6. The standard InChI is InChI=1S/C21H17F3N8O2S/c1-12-29-16(13-8-26-11-27-9-13)6-20(30-12)32-19-7-17(14(10-28-19)21(22,23)24)31-15-4-2-3-5-18(15)35(25,33)34/h2-11H,1H3,(H2,25,33,34)(H2,28,29,30,31,32). The summed E-state index contributed by atoms with van der Waals surface area (Å²) < 4.78 is 64.8. The molecular formula is C21H17F3N8O2S. The van der Waals surface area contributed by atoms with Crippen molar-refractivity contribution in [1.29, 1.82) is 0 Å². The molecule has 4 N–H and O–H groups in total. The van der Waals surface area contributed by atoms with Crippen LogP contribution in [0.3, 0.4) is 0 Å². The maximum atomic E-state index is 13.7. The van der Waals surface area contributed by atoms with Gasteiger partial charge in [0.05, 0.1) is 22.6 Å². The molecule has 0 aliphatic heterocycles. The van der Waals surface area contributed by atoms with E-state index in [2.05, 4.69) is 35.6 Å². The first kappa shape index (κ1) is 24.0. The molecule has 4 rings (SSSR count). The van der Waals surface area contributed by atoms with E-state index >= 15 is 0 Å². The van der Waals surface area contributed by atoms with Crippen molar-refractivity contribution < 1.29 is 21.6 Å². The molecule has 0 aliphatic carbocycles. The van der Waals surface area contributed by atoms with Crippen molar-refractivity contribution in [3.05, 3.63) is 72.7 Å². The highest BCUT2D eigenvalue weighted by molar-refractivity contribution is 7.89. The van der Waals surface area contributed by atoms with Crippen molar-refractivity contribution in [2.24, 2.45) is 5.14 Å². The number of nitrogens with one attached hydrogen (secondary N) is 2. The summed E-state index contributed by atoms with van der Waals surface area (Å²) in [6, 6.07) is 8.00. The van der Waals surface area contributed by atoms with Gasteiger partial charge in [0.15, 0.2) is 0 Å². The first-order valence-electron chi connectivity index (χ1n) is 9.85. The highest BCUT2D eigenvalue weighted by Gasteiger charge is 2.34. The Labute approximate surface area is 197 Å². The molecule has 4 aromatic rings. The predicted octanol–water partition coefficient (Wildman–Crippen LogP) is 3.79. The first-order valence-corrected chi connectivity index (χ1v) is 11.4. The van der Waals surface area contributed by atoms with Crippen molar-refractivity contribution >= 4 is 33.0 Å². The molecule has 0 unspecified atom stereocenters. The van der Waals surface area contributed by atoms with Crippen molar-refractivity contribution in [1.82, 2.24) is 24.9 Å². The predicted molar refractivity (Wildman–Crippen MR) is 121 cm³/mol. The van der Waals surface area contributed by atoms with E-state index in [1.807, 2.05) is 0 Å². The van der Waals surface area contributed by atoms with Crippen molar-refractivity contribution in [3.8, 4) is 11.3 Å². The molecule has 3 aromatic heterocycles. The zero-order chi connectivity index (χ0) is 25.2. The molecule has 0 aliphatic rings. The summed E-state index contributed by atoms with van der Waals surface area (Å²) in [6.45, 7) is 1.65. The molecule has 0 bridgehead atoms. The SMILES string of the molecule is Cc1nc(Nc2cc(Nc3ccccc3S(N)(=O)=O)c(C(F)(F)F)cn2)cc(-c2cncnc2)n1. The number of aryl methyl sites for hydroxylation is 1. The van der Waals surface area contributed by atoms with Gasteiger partial charge in [0.1, 0.15) is 28.7 Å². The van der Waals surface area contributed by atoms with Gasteiger partial charge in [-0.25, -0.2) is 38.5 Å². The van der Waals surface area contributed by atoms with Gasteiger partial charge >= 0.3 is 6.18 Å². The van der Waals surface area contributed by atoms with Crippen LogP contribution in [0.15, 0.2) is 66.2 Å². The summed E-state index contributed by atoms with van der Waals surface area (Å²) in [7, 11) is -4.20. The number of anilines is 4. The Morgan fingerprint density at radius 3 is 2.31 bits per heavy atom. The van der Waals surface area contributed by atoms with Gasteiger partial charge in [0.2, 0.25) is 10.0 Å². The molecule has 0 atom stereocenters. The van der Waals surface area contributed by atoms with Gasteiger partial charge in [0, 0.05) is 36.3 Å². The van der Waals surface area contributed by atoms with E-state index in [4.69, 9.17) is 5.14 Å². The van der Waals surface area contributed by atoms with Crippen molar-refractivity contribution in [3.63, 3.8) is 0 Å². The molecule has 0 saturated carbocycles. The van der Waals surface area contributed by atoms with Crippen LogP contribution < -0.4 is 15.8 Å². The summed E-state index contributed by atoms with van der Waals surface area (Å²) in [5, 5.41) is 10.6. The molecular weight excluding hydrogens is 485 g/mol. The molecule has 14 heteroatoms. The highest BCUT2D eigenvalue weighted by Crippen LogP contribution is 2.38. The molecule has 1 aromatic carbocycles. The summed E-state index contributed by atoms with van der Waals surface area (Å²) in [6.07, 6.45) is 0.339. The second-order valence-electron chi connectivity index (χ2n) is 7.22. The molecule has 3 heterocycles.